The summed E-state index contributed by atoms with van der Waals surface area (Å²) in [6.07, 6.45) is -1.18. The lowest BCUT2D eigenvalue weighted by molar-refractivity contribution is -0.385. The molecule has 2 rings (SSSR count). The van der Waals surface area contributed by atoms with Gasteiger partial charge in [0.25, 0.3) is 0 Å². The number of carbonyl (C=O) groups excluding carboxylic acids is 1. The van der Waals surface area contributed by atoms with Gasteiger partial charge in [0, 0.05) is 31.3 Å². The van der Waals surface area contributed by atoms with Crippen molar-refractivity contribution >= 4 is 17.6 Å². The van der Waals surface area contributed by atoms with Crippen LogP contribution in [0.15, 0.2) is 18.2 Å². The molecule has 1 unspecified atom stereocenters. The molecule has 1 aromatic carbocycles. The Kier molecular flexibility index (Phi) is 4.50. The molecule has 0 spiro atoms. The van der Waals surface area contributed by atoms with Crippen LogP contribution in [0, 0.1) is 10.1 Å². The Balaban J connectivity index is 2.42. The third kappa shape index (κ3) is 2.95. The molecule has 1 aliphatic heterocycles. The Labute approximate surface area is 132 Å². The Bertz CT molecular complexity index is 662. The highest BCUT2D eigenvalue weighted by atomic mass is 16.6. The Hall–Kier alpha value is -2.68. The SMILES string of the molecule is COc1cc(C(=O)C2(C)CNCCN2C(=O)O)ccc1[N+](=O)[O-]. The van der Waals surface area contributed by atoms with E-state index in [1.165, 1.54) is 32.2 Å². The summed E-state index contributed by atoms with van der Waals surface area (Å²) < 4.78 is 4.95. The Morgan fingerprint density at radius 1 is 1.48 bits per heavy atom. The van der Waals surface area contributed by atoms with Crippen LogP contribution in [0.2, 0.25) is 0 Å². The van der Waals surface area contributed by atoms with Gasteiger partial charge in [-0.2, -0.15) is 0 Å². The van der Waals surface area contributed by atoms with Crippen LogP contribution in [0.5, 0.6) is 5.75 Å². The zero-order valence-corrected chi connectivity index (χ0v) is 12.7. The van der Waals surface area contributed by atoms with Crippen molar-refractivity contribution in [1.82, 2.24) is 10.2 Å². The summed E-state index contributed by atoms with van der Waals surface area (Å²) in [6, 6.07) is 3.75. The zero-order valence-electron chi connectivity index (χ0n) is 12.7. The second-order valence-corrected chi connectivity index (χ2v) is 5.36. The number of methoxy groups -OCH3 is 1. The molecule has 9 heteroatoms. The number of benzene rings is 1. The zero-order chi connectivity index (χ0) is 17.2. The van der Waals surface area contributed by atoms with E-state index >= 15 is 0 Å². The highest BCUT2D eigenvalue weighted by Crippen LogP contribution is 2.30. The number of hydrogen-bond donors (Lipinski definition) is 2. The number of nitro groups is 1. The number of nitrogens with zero attached hydrogens (tertiary/aromatic N) is 2. The smallest absolute Gasteiger partial charge is 0.408 e. The van der Waals surface area contributed by atoms with E-state index in [9.17, 15) is 24.8 Å². The van der Waals surface area contributed by atoms with E-state index < -0.39 is 22.3 Å². The van der Waals surface area contributed by atoms with E-state index in [0.717, 1.165) is 4.90 Å². The number of rotatable bonds is 4. The number of nitro benzene ring substituents is 1. The summed E-state index contributed by atoms with van der Waals surface area (Å²) in [6.45, 7) is 2.33. The number of ether oxygens (including phenoxy) is 1. The maximum Gasteiger partial charge on any atom is 0.408 e. The van der Waals surface area contributed by atoms with Crippen LogP contribution in [0.3, 0.4) is 0 Å². The fourth-order valence-electron chi connectivity index (χ4n) is 2.66. The predicted octanol–water partition coefficient (Wildman–Crippen LogP) is 1.13. The summed E-state index contributed by atoms with van der Waals surface area (Å²) in [7, 11) is 1.27. The van der Waals surface area contributed by atoms with Crippen LogP contribution in [-0.4, -0.2) is 59.1 Å². The number of amides is 1. The van der Waals surface area contributed by atoms with Crippen LogP contribution in [0.25, 0.3) is 0 Å². The minimum Gasteiger partial charge on any atom is -0.490 e. The molecule has 23 heavy (non-hydrogen) atoms. The van der Waals surface area contributed by atoms with E-state index in [2.05, 4.69) is 5.32 Å². The third-order valence-electron chi connectivity index (χ3n) is 3.94. The highest BCUT2D eigenvalue weighted by Gasteiger charge is 2.44. The van der Waals surface area contributed by atoms with Crippen molar-refractivity contribution in [2.75, 3.05) is 26.7 Å². The summed E-state index contributed by atoms with van der Waals surface area (Å²) >= 11 is 0. The fourth-order valence-corrected chi connectivity index (χ4v) is 2.66. The molecule has 0 aromatic heterocycles. The summed E-state index contributed by atoms with van der Waals surface area (Å²) in [5.74, 6) is -0.490. The molecule has 1 amide bonds. The second-order valence-electron chi connectivity index (χ2n) is 5.36. The van der Waals surface area contributed by atoms with Crippen LogP contribution in [0.4, 0.5) is 10.5 Å². The number of piperazine rings is 1. The van der Waals surface area contributed by atoms with E-state index in [1.807, 2.05) is 0 Å². The number of nitrogens with one attached hydrogen (secondary N) is 1. The molecule has 124 valence electrons. The first-order valence-electron chi connectivity index (χ1n) is 6.90. The van der Waals surface area contributed by atoms with Gasteiger partial charge in [-0.1, -0.05) is 0 Å². The van der Waals surface area contributed by atoms with E-state index in [4.69, 9.17) is 4.74 Å². The van der Waals surface area contributed by atoms with E-state index in [-0.39, 0.29) is 30.1 Å². The standard InChI is InChI=1S/C14H17N3O6/c1-14(8-15-5-6-16(14)13(19)20)12(18)9-3-4-10(17(21)22)11(7-9)23-2/h3-4,7,15H,5-6,8H2,1-2H3,(H,19,20). The normalized spacial score (nSPS) is 20.9. The van der Waals surface area contributed by atoms with Gasteiger partial charge in [-0.25, -0.2) is 4.79 Å². The van der Waals surface area contributed by atoms with Crippen molar-refractivity contribution in [1.29, 1.82) is 0 Å². The molecule has 1 atom stereocenters. The van der Waals surface area contributed by atoms with Crippen LogP contribution in [-0.2, 0) is 0 Å². The lowest BCUT2D eigenvalue weighted by Crippen LogP contribution is -2.65. The van der Waals surface area contributed by atoms with Crippen LogP contribution in [0.1, 0.15) is 17.3 Å². The van der Waals surface area contributed by atoms with E-state index in [1.54, 1.807) is 0 Å². The number of hydrogen-bond acceptors (Lipinski definition) is 6. The second kappa shape index (κ2) is 6.21. The number of carbonyl (C=O) groups is 2. The number of carboxylic acid groups (broad SMARTS) is 1. The van der Waals surface area contributed by atoms with Crippen LogP contribution >= 0.6 is 0 Å². The molecule has 1 heterocycles. The van der Waals surface area contributed by atoms with Crippen LogP contribution < -0.4 is 10.1 Å². The van der Waals surface area contributed by atoms with Gasteiger partial charge in [-0.15, -0.1) is 0 Å². The van der Waals surface area contributed by atoms with Crippen molar-refractivity contribution in [2.24, 2.45) is 0 Å². The molecule has 1 fully saturated rings. The maximum absolute atomic E-state index is 12.8. The van der Waals surface area contributed by atoms with Crippen molar-refractivity contribution in [3.63, 3.8) is 0 Å². The number of Topliss-reactive ketones (excluding diaryl/α,β-unsaturated/α-hetero) is 1. The minimum atomic E-state index is -1.29. The lowest BCUT2D eigenvalue weighted by atomic mass is 9.87. The van der Waals surface area contributed by atoms with Gasteiger partial charge >= 0.3 is 11.8 Å². The molecule has 0 saturated carbocycles. The summed E-state index contributed by atoms with van der Waals surface area (Å²) in [5.41, 5.74) is -1.39. The average molecular weight is 323 g/mol. The molecule has 1 aromatic rings. The average Bonchev–Trinajstić information content (AvgIpc) is 2.53. The quantitative estimate of drug-likeness (QED) is 0.484. The van der Waals surface area contributed by atoms with Gasteiger partial charge in [-0.05, 0) is 19.1 Å². The van der Waals surface area contributed by atoms with Gasteiger partial charge in [0.2, 0.25) is 0 Å². The Morgan fingerprint density at radius 3 is 2.74 bits per heavy atom. The maximum atomic E-state index is 12.8. The first kappa shape index (κ1) is 16.7. The van der Waals surface area contributed by atoms with Gasteiger partial charge in [-0.3, -0.25) is 19.8 Å². The van der Waals surface area contributed by atoms with Gasteiger partial charge in [0.1, 0.15) is 5.54 Å². The molecule has 2 N–H and O–H groups in total. The molecule has 1 aliphatic rings. The predicted molar refractivity (Wildman–Crippen MR) is 80.0 cm³/mol. The molecule has 9 nitrogen and oxygen atoms in total. The van der Waals surface area contributed by atoms with Crippen molar-refractivity contribution in [3.05, 3.63) is 33.9 Å². The van der Waals surface area contributed by atoms with Crippen molar-refractivity contribution < 1.29 is 24.4 Å². The molecule has 1 saturated heterocycles. The molecule has 0 bridgehead atoms. The highest BCUT2D eigenvalue weighted by molar-refractivity contribution is 6.05. The molecular weight excluding hydrogens is 306 g/mol. The van der Waals surface area contributed by atoms with Gasteiger partial charge < -0.3 is 15.2 Å². The van der Waals surface area contributed by atoms with Gasteiger partial charge in [0.05, 0.1) is 12.0 Å². The minimum absolute atomic E-state index is 0.0462. The third-order valence-corrected chi connectivity index (χ3v) is 3.94. The fraction of sp³-hybridized carbons (Fsp3) is 0.429. The topological polar surface area (TPSA) is 122 Å². The molecular formula is C14H17N3O6. The summed E-state index contributed by atoms with van der Waals surface area (Å²) in [5, 5.41) is 23.2. The van der Waals surface area contributed by atoms with E-state index in [0.29, 0.717) is 6.54 Å². The lowest BCUT2D eigenvalue weighted by Gasteiger charge is -2.42. The first-order valence-corrected chi connectivity index (χ1v) is 6.90. The Morgan fingerprint density at radius 2 is 2.17 bits per heavy atom. The van der Waals surface area contributed by atoms with Crippen molar-refractivity contribution in [3.8, 4) is 5.75 Å². The number of ketones is 1. The monoisotopic (exact) mass is 323 g/mol. The molecule has 0 aliphatic carbocycles. The summed E-state index contributed by atoms with van der Waals surface area (Å²) in [4.78, 5) is 35.6. The van der Waals surface area contributed by atoms with Gasteiger partial charge in [0.15, 0.2) is 11.5 Å². The molecule has 0 radical (unpaired) electrons. The first-order chi connectivity index (χ1) is 10.8. The largest absolute Gasteiger partial charge is 0.490 e. The van der Waals surface area contributed by atoms with Crippen molar-refractivity contribution in [2.45, 2.75) is 12.5 Å².